The third-order valence-electron chi connectivity index (χ3n) is 3.09. The molecule has 0 saturated heterocycles. The van der Waals surface area contributed by atoms with Crippen molar-refractivity contribution in [2.24, 2.45) is 0 Å². The minimum Gasteiger partial charge on any atom is -0.352 e. The maximum absolute atomic E-state index is 12.3. The van der Waals surface area contributed by atoms with Gasteiger partial charge < -0.3 is 5.32 Å². The monoisotopic (exact) mass is 360 g/mol. The third-order valence-corrected chi connectivity index (χ3v) is 5.56. The number of hydrogen-bond acceptors (Lipinski definition) is 3. The molecule has 20 heavy (non-hydrogen) atoms. The third kappa shape index (κ3) is 3.80. The average molecular weight is 361 g/mol. The van der Waals surface area contributed by atoms with E-state index in [1.54, 1.807) is 24.3 Å². The van der Waals surface area contributed by atoms with Crippen LogP contribution in [-0.4, -0.2) is 38.3 Å². The Morgan fingerprint density at radius 3 is 2.45 bits per heavy atom. The van der Waals surface area contributed by atoms with Crippen molar-refractivity contribution in [2.45, 2.75) is 29.1 Å². The predicted molar refractivity (Wildman–Crippen MR) is 80.1 cm³/mol. The fourth-order valence-electron chi connectivity index (χ4n) is 1.72. The van der Waals surface area contributed by atoms with Crippen molar-refractivity contribution < 1.29 is 13.2 Å². The van der Waals surface area contributed by atoms with Crippen LogP contribution in [0.3, 0.4) is 0 Å². The molecule has 1 N–H and O–H groups in total. The molecule has 1 aliphatic carbocycles. The molecule has 1 aromatic carbocycles. The Labute approximate surface area is 127 Å². The van der Waals surface area contributed by atoms with E-state index in [-0.39, 0.29) is 23.4 Å². The Morgan fingerprint density at radius 2 is 1.95 bits per heavy atom. The first kappa shape index (κ1) is 15.5. The van der Waals surface area contributed by atoms with Crippen LogP contribution in [0.5, 0.6) is 0 Å². The quantitative estimate of drug-likeness (QED) is 0.781. The summed E-state index contributed by atoms with van der Waals surface area (Å²) >= 11 is 3.31. The minimum atomic E-state index is -3.62. The number of carbonyl (C=O) groups excluding carboxylic acids is 1. The Kier molecular flexibility index (Phi) is 4.82. The van der Waals surface area contributed by atoms with Gasteiger partial charge in [0.15, 0.2) is 0 Å². The molecule has 1 aliphatic rings. The molecule has 0 spiro atoms. The number of carbonyl (C=O) groups is 1. The van der Waals surface area contributed by atoms with Gasteiger partial charge in [0.05, 0.1) is 11.4 Å². The number of hydrogen-bond donors (Lipinski definition) is 1. The van der Waals surface area contributed by atoms with Crippen molar-refractivity contribution in [2.75, 3.05) is 13.6 Å². The van der Waals surface area contributed by atoms with E-state index >= 15 is 0 Å². The maximum atomic E-state index is 12.3. The number of nitrogens with zero attached hydrogens (tertiary/aromatic N) is 1. The molecule has 1 saturated carbocycles. The molecule has 0 aliphatic heterocycles. The molecular formula is C13H17BrN2O3S. The first-order valence-electron chi connectivity index (χ1n) is 6.34. The molecule has 5 nitrogen and oxygen atoms in total. The molecule has 0 atom stereocenters. The molecule has 110 valence electrons. The Bertz CT molecular complexity index is 582. The average Bonchev–Trinajstić information content (AvgIpc) is 3.22. The summed E-state index contributed by atoms with van der Waals surface area (Å²) in [4.78, 5) is 11.9. The van der Waals surface area contributed by atoms with E-state index in [2.05, 4.69) is 21.2 Å². The highest BCUT2D eigenvalue weighted by atomic mass is 79.9. The highest BCUT2D eigenvalue weighted by Gasteiger charge is 2.27. The Balaban J connectivity index is 2.05. The molecule has 0 heterocycles. The lowest BCUT2D eigenvalue weighted by Crippen LogP contribution is -2.39. The van der Waals surface area contributed by atoms with Crippen LogP contribution in [0.2, 0.25) is 0 Å². The van der Waals surface area contributed by atoms with Gasteiger partial charge >= 0.3 is 0 Å². The van der Waals surface area contributed by atoms with E-state index in [4.69, 9.17) is 0 Å². The fourth-order valence-corrected chi connectivity index (χ4v) is 3.22. The molecule has 0 bridgehead atoms. The second-order valence-electron chi connectivity index (χ2n) is 4.88. The normalized spacial score (nSPS) is 15.3. The lowest BCUT2D eigenvalue weighted by molar-refractivity contribution is -0.121. The highest BCUT2D eigenvalue weighted by Crippen LogP contribution is 2.19. The first-order valence-corrected chi connectivity index (χ1v) is 8.90. The summed E-state index contributed by atoms with van der Waals surface area (Å²) < 4.78 is 25.7. The van der Waals surface area contributed by atoms with Gasteiger partial charge in [-0.25, -0.2) is 8.42 Å². The Hall–Kier alpha value is -0.920. The Morgan fingerprint density at radius 1 is 1.35 bits per heavy atom. The van der Waals surface area contributed by atoms with Crippen LogP contribution >= 0.6 is 15.9 Å². The number of rotatable bonds is 6. The molecular weight excluding hydrogens is 344 g/mol. The van der Waals surface area contributed by atoms with Crippen LogP contribution < -0.4 is 5.32 Å². The first-order chi connectivity index (χ1) is 9.43. The molecule has 7 heteroatoms. The van der Waals surface area contributed by atoms with E-state index in [0.29, 0.717) is 5.33 Å². The molecule has 0 unspecified atom stereocenters. The highest BCUT2D eigenvalue weighted by molar-refractivity contribution is 9.08. The standard InChI is InChI=1S/C13H17BrN2O3S/c1-16(9-13(17)15-11-4-5-11)20(18,19)12-6-2-10(8-14)3-7-12/h2-3,6-7,11H,4-5,8-9H2,1H3,(H,15,17). The van der Waals surface area contributed by atoms with Gasteiger partial charge in [0.2, 0.25) is 15.9 Å². The second kappa shape index (κ2) is 6.24. The smallest absolute Gasteiger partial charge is 0.243 e. The van der Waals surface area contributed by atoms with E-state index in [9.17, 15) is 13.2 Å². The predicted octanol–water partition coefficient (Wildman–Crippen LogP) is 1.48. The fraction of sp³-hybridized carbons (Fsp3) is 0.462. The van der Waals surface area contributed by atoms with Gasteiger partial charge in [-0.05, 0) is 30.5 Å². The summed E-state index contributed by atoms with van der Waals surface area (Å²) in [5.41, 5.74) is 0.998. The van der Waals surface area contributed by atoms with Gasteiger partial charge in [-0.1, -0.05) is 28.1 Å². The molecule has 1 fully saturated rings. The summed E-state index contributed by atoms with van der Waals surface area (Å²) in [5, 5.41) is 3.45. The number of alkyl halides is 1. The molecule has 1 aromatic rings. The zero-order valence-corrected chi connectivity index (χ0v) is 13.6. The number of benzene rings is 1. The number of likely N-dealkylation sites (N-methyl/N-ethyl adjacent to an activating group) is 1. The van der Waals surface area contributed by atoms with Crippen LogP contribution in [-0.2, 0) is 20.1 Å². The van der Waals surface area contributed by atoms with Crippen LogP contribution in [0.4, 0.5) is 0 Å². The number of halogens is 1. The lowest BCUT2D eigenvalue weighted by Gasteiger charge is -2.17. The van der Waals surface area contributed by atoms with E-state index < -0.39 is 10.0 Å². The van der Waals surface area contributed by atoms with Crippen molar-refractivity contribution in [1.29, 1.82) is 0 Å². The van der Waals surface area contributed by atoms with Gasteiger partial charge in [-0.15, -0.1) is 0 Å². The summed E-state index contributed by atoms with van der Waals surface area (Å²) in [6, 6.07) is 6.85. The lowest BCUT2D eigenvalue weighted by atomic mass is 10.2. The van der Waals surface area contributed by atoms with Gasteiger partial charge in [0.25, 0.3) is 0 Å². The largest absolute Gasteiger partial charge is 0.352 e. The van der Waals surface area contributed by atoms with Crippen LogP contribution in [0.15, 0.2) is 29.2 Å². The van der Waals surface area contributed by atoms with E-state index in [1.807, 2.05) is 0 Å². The molecule has 1 amide bonds. The summed E-state index contributed by atoms with van der Waals surface area (Å²) in [5.74, 6) is -0.254. The van der Waals surface area contributed by atoms with Crippen molar-refractivity contribution in [3.63, 3.8) is 0 Å². The van der Waals surface area contributed by atoms with E-state index in [0.717, 1.165) is 22.7 Å². The van der Waals surface area contributed by atoms with Crippen molar-refractivity contribution >= 4 is 31.9 Å². The SMILES string of the molecule is CN(CC(=O)NC1CC1)S(=O)(=O)c1ccc(CBr)cc1. The topological polar surface area (TPSA) is 66.5 Å². The van der Waals surface area contributed by atoms with Crippen LogP contribution in [0.1, 0.15) is 18.4 Å². The van der Waals surface area contributed by atoms with Gasteiger partial charge in [-0.2, -0.15) is 4.31 Å². The van der Waals surface area contributed by atoms with Crippen LogP contribution in [0.25, 0.3) is 0 Å². The number of nitrogens with one attached hydrogen (secondary N) is 1. The number of sulfonamides is 1. The zero-order chi connectivity index (χ0) is 14.8. The second-order valence-corrected chi connectivity index (χ2v) is 7.49. The molecule has 0 radical (unpaired) electrons. The minimum absolute atomic E-state index is 0.154. The summed E-state index contributed by atoms with van der Waals surface area (Å²) in [6.45, 7) is -0.154. The van der Waals surface area contributed by atoms with Gasteiger partial charge in [-0.3, -0.25) is 4.79 Å². The van der Waals surface area contributed by atoms with Gasteiger partial charge in [0.1, 0.15) is 0 Å². The maximum Gasteiger partial charge on any atom is 0.243 e. The molecule has 2 rings (SSSR count). The molecule has 0 aromatic heterocycles. The van der Waals surface area contributed by atoms with Crippen molar-refractivity contribution in [3.8, 4) is 0 Å². The number of amides is 1. The summed E-state index contributed by atoms with van der Waals surface area (Å²) in [7, 11) is -2.20. The van der Waals surface area contributed by atoms with Gasteiger partial charge in [0, 0.05) is 18.4 Å². The van der Waals surface area contributed by atoms with Crippen molar-refractivity contribution in [1.82, 2.24) is 9.62 Å². The van der Waals surface area contributed by atoms with Crippen molar-refractivity contribution in [3.05, 3.63) is 29.8 Å². The zero-order valence-electron chi connectivity index (χ0n) is 11.2. The van der Waals surface area contributed by atoms with E-state index in [1.165, 1.54) is 7.05 Å². The van der Waals surface area contributed by atoms with Crippen LogP contribution in [0, 0.1) is 0 Å². The summed E-state index contributed by atoms with van der Waals surface area (Å²) in [6.07, 6.45) is 1.96.